The van der Waals surface area contributed by atoms with E-state index in [0.29, 0.717) is 12.1 Å². The molecule has 3 unspecified atom stereocenters. The summed E-state index contributed by atoms with van der Waals surface area (Å²) >= 11 is 0. The zero-order chi connectivity index (χ0) is 9.84. The number of nitrogens with zero attached hydrogens (tertiary/aromatic N) is 1. The molecule has 0 bridgehead atoms. The Hall–Kier alpha value is -0.570. The van der Waals surface area contributed by atoms with Crippen molar-refractivity contribution in [2.45, 2.75) is 58.3 Å². The van der Waals surface area contributed by atoms with E-state index >= 15 is 0 Å². The summed E-state index contributed by atoms with van der Waals surface area (Å²) in [6, 6.07) is 1.14. The first-order chi connectivity index (χ1) is 6.16. The summed E-state index contributed by atoms with van der Waals surface area (Å²) < 4.78 is 0. The van der Waals surface area contributed by atoms with Gasteiger partial charge in [0, 0.05) is 12.1 Å². The largest absolute Gasteiger partial charge is 0.333 e. The second kappa shape index (κ2) is 4.61. The first kappa shape index (κ1) is 10.5. The minimum absolute atomic E-state index is 0.114. The molecular weight excluding hydrogens is 164 g/mol. The van der Waals surface area contributed by atoms with Gasteiger partial charge in [0.05, 0.1) is 6.17 Å². The minimum atomic E-state index is 0.114. The highest BCUT2D eigenvalue weighted by molar-refractivity contribution is 5.47. The van der Waals surface area contributed by atoms with Crippen molar-refractivity contribution in [3.05, 3.63) is 0 Å². The van der Waals surface area contributed by atoms with Crippen LogP contribution in [-0.2, 0) is 4.79 Å². The monoisotopic (exact) mass is 183 g/mol. The van der Waals surface area contributed by atoms with Gasteiger partial charge in [-0.2, -0.15) is 0 Å². The Morgan fingerprint density at radius 3 is 2.38 bits per heavy atom. The van der Waals surface area contributed by atoms with E-state index in [-0.39, 0.29) is 6.17 Å². The lowest BCUT2D eigenvalue weighted by Crippen LogP contribution is -2.53. The Balaban J connectivity index is 2.56. The molecule has 13 heavy (non-hydrogen) atoms. The second-order valence-corrected chi connectivity index (χ2v) is 4.00. The van der Waals surface area contributed by atoms with Gasteiger partial charge < -0.3 is 5.32 Å². The van der Waals surface area contributed by atoms with E-state index < -0.39 is 0 Å². The molecule has 3 nitrogen and oxygen atoms in total. The van der Waals surface area contributed by atoms with Crippen LogP contribution in [0.5, 0.6) is 0 Å². The maximum Gasteiger partial charge on any atom is 0.310 e. The average molecular weight is 183 g/mol. The predicted molar refractivity (Wildman–Crippen MR) is 52.9 cm³/mol. The quantitative estimate of drug-likeness (QED) is 0.668. The minimum Gasteiger partial charge on any atom is -0.333 e. The van der Waals surface area contributed by atoms with Crippen molar-refractivity contribution < 1.29 is 4.79 Å². The molecule has 3 heteroatoms. The topological polar surface area (TPSA) is 32.3 Å². The molecule has 1 amide bonds. The number of likely N-dealkylation sites (tertiary alicyclic amines) is 1. The molecule has 1 N–H and O–H groups in total. The molecule has 75 valence electrons. The highest BCUT2D eigenvalue weighted by Gasteiger charge is 2.28. The zero-order valence-corrected chi connectivity index (χ0v) is 8.71. The molecule has 1 saturated heterocycles. The predicted octanol–water partition coefficient (Wildman–Crippen LogP) is 1.25. The Morgan fingerprint density at radius 2 is 1.92 bits per heavy atom. The summed E-state index contributed by atoms with van der Waals surface area (Å²) in [5.74, 6) is 0. The van der Waals surface area contributed by atoms with Gasteiger partial charge in [0.2, 0.25) is 0 Å². The maximum atomic E-state index is 10.2. The van der Waals surface area contributed by atoms with Crippen LogP contribution >= 0.6 is 0 Å². The van der Waals surface area contributed by atoms with Crippen molar-refractivity contribution in [1.29, 1.82) is 0 Å². The fraction of sp³-hybridized carbons (Fsp3) is 0.900. The van der Waals surface area contributed by atoms with E-state index in [9.17, 15) is 4.79 Å². The van der Waals surface area contributed by atoms with Crippen LogP contribution in [-0.4, -0.2) is 29.6 Å². The number of piperidine rings is 1. The molecule has 0 aromatic heterocycles. The van der Waals surface area contributed by atoms with Crippen LogP contribution in [0, 0.1) is 0 Å². The number of carbonyl (C=O) groups excluding carboxylic acids is 1. The van der Waals surface area contributed by atoms with E-state index in [1.807, 2.05) is 6.92 Å². The molecule has 1 aliphatic heterocycles. The lowest BCUT2D eigenvalue weighted by molar-refractivity contribution is 0.0560. The summed E-state index contributed by atoms with van der Waals surface area (Å²) in [5, 5.41) is 2.70. The van der Waals surface area contributed by atoms with Crippen LogP contribution in [0.3, 0.4) is 0 Å². The third-order valence-corrected chi connectivity index (χ3v) is 2.98. The van der Waals surface area contributed by atoms with Crippen molar-refractivity contribution in [3.8, 4) is 0 Å². The molecule has 1 radical (unpaired) electrons. The number of hydrogen-bond acceptors (Lipinski definition) is 2. The fourth-order valence-electron chi connectivity index (χ4n) is 2.36. The molecular formula is C10H19N2O. The van der Waals surface area contributed by atoms with Crippen molar-refractivity contribution in [1.82, 2.24) is 10.2 Å². The highest BCUT2D eigenvalue weighted by atomic mass is 16.1. The normalized spacial score (nSPS) is 32.5. The van der Waals surface area contributed by atoms with Gasteiger partial charge in [0.25, 0.3) is 0 Å². The number of rotatable bonds is 3. The third kappa shape index (κ3) is 2.44. The fourth-order valence-corrected chi connectivity index (χ4v) is 2.36. The summed E-state index contributed by atoms with van der Waals surface area (Å²) in [6.45, 7) is 6.46. The molecule has 1 fully saturated rings. The van der Waals surface area contributed by atoms with Crippen LogP contribution in [0.25, 0.3) is 0 Å². The first-order valence-electron chi connectivity index (χ1n) is 5.07. The van der Waals surface area contributed by atoms with Crippen LogP contribution in [0.2, 0.25) is 0 Å². The van der Waals surface area contributed by atoms with Gasteiger partial charge in [-0.3, -0.25) is 9.69 Å². The lowest BCUT2D eigenvalue weighted by atomic mass is 9.97. The third-order valence-electron chi connectivity index (χ3n) is 2.98. The van der Waals surface area contributed by atoms with Gasteiger partial charge in [0.1, 0.15) is 0 Å². The van der Waals surface area contributed by atoms with E-state index in [2.05, 4.69) is 24.1 Å². The van der Waals surface area contributed by atoms with Gasteiger partial charge in [-0.05, 0) is 33.6 Å². The molecule has 0 aliphatic carbocycles. The number of nitrogens with one attached hydrogen (secondary N) is 1. The second-order valence-electron chi connectivity index (χ2n) is 4.00. The van der Waals surface area contributed by atoms with E-state index in [1.165, 1.54) is 19.3 Å². The lowest BCUT2D eigenvalue weighted by Gasteiger charge is -2.42. The molecule has 0 aromatic rings. The average Bonchev–Trinajstić information content (AvgIpc) is 2.04. The summed E-state index contributed by atoms with van der Waals surface area (Å²) in [6.07, 6.45) is 5.64. The molecule has 0 saturated carbocycles. The summed E-state index contributed by atoms with van der Waals surface area (Å²) in [7, 11) is 0. The standard InChI is InChI=1S/C10H19N2O/c1-8-5-4-6-9(2)12(8)10(3)11-7-13/h8-10H,4-6H2,1-3H3,(H,11,13). The molecule has 1 aliphatic rings. The van der Waals surface area contributed by atoms with E-state index in [0.717, 1.165) is 0 Å². The maximum absolute atomic E-state index is 10.2. The molecule has 3 atom stereocenters. The smallest absolute Gasteiger partial charge is 0.310 e. The van der Waals surface area contributed by atoms with Crippen molar-refractivity contribution in [3.63, 3.8) is 0 Å². The zero-order valence-electron chi connectivity index (χ0n) is 8.71. The first-order valence-corrected chi connectivity index (χ1v) is 5.07. The van der Waals surface area contributed by atoms with Crippen LogP contribution < -0.4 is 5.32 Å². The van der Waals surface area contributed by atoms with Gasteiger partial charge >= 0.3 is 6.41 Å². The van der Waals surface area contributed by atoms with E-state index in [4.69, 9.17) is 0 Å². The van der Waals surface area contributed by atoms with Crippen molar-refractivity contribution in [2.24, 2.45) is 0 Å². The van der Waals surface area contributed by atoms with Crippen LogP contribution in [0.1, 0.15) is 40.0 Å². The van der Waals surface area contributed by atoms with Crippen molar-refractivity contribution >= 4 is 6.41 Å². The van der Waals surface area contributed by atoms with Gasteiger partial charge in [0.15, 0.2) is 0 Å². The SMILES string of the molecule is CC1CCCC(C)N1C(C)N[C]=O. The molecule has 1 heterocycles. The highest BCUT2D eigenvalue weighted by Crippen LogP contribution is 2.23. The van der Waals surface area contributed by atoms with Gasteiger partial charge in [-0.15, -0.1) is 0 Å². The summed E-state index contributed by atoms with van der Waals surface area (Å²) in [4.78, 5) is 12.6. The van der Waals surface area contributed by atoms with E-state index in [1.54, 1.807) is 6.41 Å². The number of hydrogen-bond donors (Lipinski definition) is 1. The Kier molecular flexibility index (Phi) is 3.72. The van der Waals surface area contributed by atoms with Gasteiger partial charge in [-0.25, -0.2) is 0 Å². The summed E-state index contributed by atoms with van der Waals surface area (Å²) in [5.41, 5.74) is 0. The molecule has 0 aromatic carbocycles. The Labute approximate surface area is 80.5 Å². The Morgan fingerprint density at radius 1 is 1.38 bits per heavy atom. The molecule has 1 rings (SSSR count). The Bertz CT molecular complexity index is 162. The molecule has 0 spiro atoms. The van der Waals surface area contributed by atoms with Gasteiger partial charge in [-0.1, -0.05) is 6.42 Å². The van der Waals surface area contributed by atoms with Crippen LogP contribution in [0.4, 0.5) is 0 Å². The van der Waals surface area contributed by atoms with Crippen molar-refractivity contribution in [2.75, 3.05) is 0 Å². The van der Waals surface area contributed by atoms with Crippen LogP contribution in [0.15, 0.2) is 0 Å². The number of amides is 1.